The second-order valence-corrected chi connectivity index (χ2v) is 5.40. The molecule has 0 radical (unpaired) electrons. The average molecular weight is 194 g/mol. The third kappa shape index (κ3) is 1.59. The fourth-order valence-corrected chi connectivity index (χ4v) is 3.82. The highest BCUT2D eigenvalue weighted by atomic mass is 15.0. The van der Waals surface area contributed by atoms with Crippen LogP contribution in [0.25, 0.3) is 0 Å². The minimum Gasteiger partial charge on any atom is -0.316 e. The third-order valence-corrected chi connectivity index (χ3v) is 4.58. The SMILES string of the molecule is C1CNCC(C2CCC3CCC2N3)C1. The molecular weight excluding hydrogens is 172 g/mol. The van der Waals surface area contributed by atoms with Crippen LogP contribution < -0.4 is 10.6 Å². The van der Waals surface area contributed by atoms with Gasteiger partial charge >= 0.3 is 0 Å². The number of hydrogen-bond acceptors (Lipinski definition) is 2. The number of rotatable bonds is 1. The Kier molecular flexibility index (Phi) is 2.50. The normalized spacial score (nSPS) is 48.0. The summed E-state index contributed by atoms with van der Waals surface area (Å²) in [5.74, 6) is 1.96. The Labute approximate surface area is 86.8 Å². The highest BCUT2D eigenvalue weighted by Gasteiger charge is 2.38. The fourth-order valence-electron chi connectivity index (χ4n) is 3.82. The molecule has 3 fully saturated rings. The van der Waals surface area contributed by atoms with Crippen molar-refractivity contribution in [3.8, 4) is 0 Å². The summed E-state index contributed by atoms with van der Waals surface area (Å²) in [5, 5.41) is 7.37. The summed E-state index contributed by atoms with van der Waals surface area (Å²) >= 11 is 0. The van der Waals surface area contributed by atoms with Gasteiger partial charge in [0.25, 0.3) is 0 Å². The van der Waals surface area contributed by atoms with Gasteiger partial charge in [0.1, 0.15) is 0 Å². The van der Waals surface area contributed by atoms with Crippen LogP contribution in [0.5, 0.6) is 0 Å². The van der Waals surface area contributed by atoms with E-state index < -0.39 is 0 Å². The highest BCUT2D eigenvalue weighted by Crippen LogP contribution is 2.37. The molecule has 3 heterocycles. The second kappa shape index (κ2) is 3.82. The molecule has 2 bridgehead atoms. The molecule has 0 saturated carbocycles. The maximum atomic E-state index is 3.81. The first-order valence-corrected chi connectivity index (χ1v) is 6.40. The van der Waals surface area contributed by atoms with Gasteiger partial charge in [-0.25, -0.2) is 0 Å². The van der Waals surface area contributed by atoms with Gasteiger partial charge in [-0.1, -0.05) is 0 Å². The molecule has 14 heavy (non-hydrogen) atoms. The van der Waals surface area contributed by atoms with E-state index in [1.54, 1.807) is 0 Å². The summed E-state index contributed by atoms with van der Waals surface area (Å²) in [6.45, 7) is 2.54. The minimum atomic E-state index is 0.874. The molecule has 80 valence electrons. The maximum Gasteiger partial charge on any atom is 0.0102 e. The van der Waals surface area contributed by atoms with Crippen LogP contribution in [0.4, 0.5) is 0 Å². The Hall–Kier alpha value is -0.0800. The summed E-state index contributed by atoms with van der Waals surface area (Å²) in [6, 6.07) is 1.76. The van der Waals surface area contributed by atoms with Crippen molar-refractivity contribution in [3.05, 3.63) is 0 Å². The van der Waals surface area contributed by atoms with Crippen molar-refractivity contribution in [2.45, 2.75) is 50.6 Å². The first-order valence-electron chi connectivity index (χ1n) is 6.40. The van der Waals surface area contributed by atoms with E-state index in [9.17, 15) is 0 Å². The summed E-state index contributed by atoms with van der Waals surface area (Å²) in [4.78, 5) is 0. The largest absolute Gasteiger partial charge is 0.316 e. The second-order valence-electron chi connectivity index (χ2n) is 5.40. The van der Waals surface area contributed by atoms with Crippen molar-refractivity contribution in [1.29, 1.82) is 0 Å². The molecule has 0 aromatic rings. The van der Waals surface area contributed by atoms with E-state index in [1.807, 2.05) is 0 Å². The Morgan fingerprint density at radius 3 is 2.71 bits per heavy atom. The standard InChI is InChI=1S/C12H22N2/c1-2-9(8-13-7-1)11-5-3-10-4-6-12(11)14-10/h9-14H,1-8H2. The van der Waals surface area contributed by atoms with E-state index in [1.165, 1.54) is 51.6 Å². The average Bonchev–Trinajstić information content (AvgIpc) is 2.62. The van der Waals surface area contributed by atoms with E-state index in [4.69, 9.17) is 0 Å². The van der Waals surface area contributed by atoms with Crippen LogP contribution in [-0.2, 0) is 0 Å². The molecule has 0 amide bonds. The van der Waals surface area contributed by atoms with Crippen molar-refractivity contribution in [3.63, 3.8) is 0 Å². The Morgan fingerprint density at radius 1 is 0.929 bits per heavy atom. The molecule has 0 spiro atoms. The fraction of sp³-hybridized carbons (Fsp3) is 1.00. The lowest BCUT2D eigenvalue weighted by atomic mass is 9.77. The minimum absolute atomic E-state index is 0.874. The van der Waals surface area contributed by atoms with Gasteiger partial charge in [-0.15, -0.1) is 0 Å². The van der Waals surface area contributed by atoms with E-state index in [0.29, 0.717) is 0 Å². The lowest BCUT2D eigenvalue weighted by molar-refractivity contribution is 0.175. The number of fused-ring (bicyclic) bond motifs is 2. The van der Waals surface area contributed by atoms with Crippen LogP contribution in [0.2, 0.25) is 0 Å². The van der Waals surface area contributed by atoms with Gasteiger partial charge < -0.3 is 10.6 Å². The molecule has 2 nitrogen and oxygen atoms in total. The first kappa shape index (κ1) is 9.17. The van der Waals surface area contributed by atoms with Crippen molar-refractivity contribution in [1.82, 2.24) is 10.6 Å². The maximum absolute atomic E-state index is 3.81. The van der Waals surface area contributed by atoms with Gasteiger partial charge in [-0.2, -0.15) is 0 Å². The van der Waals surface area contributed by atoms with Crippen molar-refractivity contribution < 1.29 is 0 Å². The molecule has 2 N–H and O–H groups in total. The summed E-state index contributed by atoms with van der Waals surface area (Å²) < 4.78 is 0. The molecule has 2 heteroatoms. The van der Waals surface area contributed by atoms with Crippen molar-refractivity contribution in [2.75, 3.05) is 13.1 Å². The Morgan fingerprint density at radius 2 is 1.86 bits per heavy atom. The lowest BCUT2D eigenvalue weighted by Gasteiger charge is -2.38. The quantitative estimate of drug-likeness (QED) is 0.661. The summed E-state index contributed by atoms with van der Waals surface area (Å²) in [7, 11) is 0. The molecule has 4 atom stereocenters. The number of piperidine rings is 2. The van der Waals surface area contributed by atoms with Crippen LogP contribution in [0.15, 0.2) is 0 Å². The lowest BCUT2D eigenvalue weighted by Crippen LogP contribution is -2.46. The molecule has 0 aromatic carbocycles. The monoisotopic (exact) mass is 194 g/mol. The van der Waals surface area contributed by atoms with Crippen LogP contribution in [0.1, 0.15) is 38.5 Å². The molecule has 3 aliphatic rings. The van der Waals surface area contributed by atoms with Crippen LogP contribution in [-0.4, -0.2) is 25.2 Å². The van der Waals surface area contributed by atoms with Gasteiger partial charge in [0.15, 0.2) is 0 Å². The number of hydrogen-bond donors (Lipinski definition) is 2. The number of nitrogens with one attached hydrogen (secondary N) is 2. The smallest absolute Gasteiger partial charge is 0.0102 e. The topological polar surface area (TPSA) is 24.1 Å². The van der Waals surface area contributed by atoms with Gasteiger partial charge in [0.2, 0.25) is 0 Å². The summed E-state index contributed by atoms with van der Waals surface area (Å²) in [6.07, 6.45) is 8.71. The van der Waals surface area contributed by atoms with Crippen molar-refractivity contribution in [2.24, 2.45) is 11.8 Å². The zero-order chi connectivity index (χ0) is 9.38. The Balaban J connectivity index is 1.65. The van der Waals surface area contributed by atoms with Gasteiger partial charge in [-0.05, 0) is 63.5 Å². The van der Waals surface area contributed by atoms with E-state index in [-0.39, 0.29) is 0 Å². The van der Waals surface area contributed by atoms with Crippen LogP contribution in [0, 0.1) is 11.8 Å². The van der Waals surface area contributed by atoms with Crippen LogP contribution in [0.3, 0.4) is 0 Å². The molecular formula is C12H22N2. The van der Waals surface area contributed by atoms with E-state index in [2.05, 4.69) is 10.6 Å². The highest BCUT2D eigenvalue weighted by molar-refractivity contribution is 4.96. The summed E-state index contributed by atoms with van der Waals surface area (Å²) in [5.41, 5.74) is 0. The zero-order valence-electron chi connectivity index (χ0n) is 8.97. The molecule has 4 unspecified atom stereocenters. The Bertz CT molecular complexity index is 198. The van der Waals surface area contributed by atoms with E-state index in [0.717, 1.165) is 23.9 Å². The van der Waals surface area contributed by atoms with Gasteiger partial charge in [-0.3, -0.25) is 0 Å². The van der Waals surface area contributed by atoms with Crippen LogP contribution >= 0.6 is 0 Å². The predicted molar refractivity (Wildman–Crippen MR) is 58.3 cm³/mol. The molecule has 3 aliphatic heterocycles. The molecule has 3 saturated heterocycles. The third-order valence-electron chi connectivity index (χ3n) is 4.58. The molecule has 0 aromatic heterocycles. The zero-order valence-corrected chi connectivity index (χ0v) is 8.97. The van der Waals surface area contributed by atoms with E-state index >= 15 is 0 Å². The molecule has 3 rings (SSSR count). The predicted octanol–water partition coefficient (Wildman–Crippen LogP) is 1.52. The van der Waals surface area contributed by atoms with Gasteiger partial charge in [0, 0.05) is 12.1 Å². The first-order chi connectivity index (χ1) is 6.93. The molecule has 0 aliphatic carbocycles. The van der Waals surface area contributed by atoms with Crippen molar-refractivity contribution >= 4 is 0 Å². The van der Waals surface area contributed by atoms with Gasteiger partial charge in [0.05, 0.1) is 0 Å².